The van der Waals surface area contributed by atoms with Crippen LogP contribution in [-0.4, -0.2) is 11.8 Å². The summed E-state index contributed by atoms with van der Waals surface area (Å²) >= 11 is 5.76. The molecule has 0 saturated carbocycles. The van der Waals surface area contributed by atoms with Gasteiger partial charge in [-0.1, -0.05) is 28.9 Å². The number of nitrogens with two attached hydrogens (primary N) is 1. The molecular weight excluding hydrogens is 278 g/mol. The maximum absolute atomic E-state index is 11.6. The Bertz CT molecular complexity index is 612. The number of nitrogens with one attached hydrogen (secondary N) is 1. The van der Waals surface area contributed by atoms with Crippen LogP contribution in [0.3, 0.4) is 0 Å². The van der Waals surface area contributed by atoms with Crippen molar-refractivity contribution in [2.24, 2.45) is 10.9 Å². The highest BCUT2D eigenvalue weighted by Gasteiger charge is 2.09. The van der Waals surface area contributed by atoms with Crippen LogP contribution in [0.2, 0.25) is 5.02 Å². The van der Waals surface area contributed by atoms with Gasteiger partial charge >= 0.3 is 5.97 Å². The van der Waals surface area contributed by atoms with Gasteiger partial charge in [0, 0.05) is 17.2 Å². The van der Waals surface area contributed by atoms with Crippen LogP contribution in [0, 0.1) is 0 Å². The molecule has 0 bridgehead atoms. The Labute approximate surface area is 121 Å². The molecule has 2 rings (SSSR count). The number of hydrogen-bond acceptors (Lipinski definition) is 3. The third-order valence-electron chi connectivity index (χ3n) is 2.49. The van der Waals surface area contributed by atoms with Gasteiger partial charge in [-0.2, -0.15) is 0 Å². The van der Waals surface area contributed by atoms with Gasteiger partial charge in [0.05, 0.1) is 6.42 Å². The molecule has 0 fully saturated rings. The smallest absolute Gasteiger partial charge is 0.339 e. The molecule has 0 aliphatic heterocycles. The number of halogens is 1. The van der Waals surface area contributed by atoms with E-state index in [0.29, 0.717) is 10.7 Å². The summed E-state index contributed by atoms with van der Waals surface area (Å²) in [5.74, 6) is -0.388. The van der Waals surface area contributed by atoms with Gasteiger partial charge in [-0.05, 0) is 23.8 Å². The first-order chi connectivity index (χ1) is 9.65. The lowest BCUT2D eigenvalue weighted by Crippen LogP contribution is -2.24. The minimum absolute atomic E-state index is 0.104. The van der Waals surface area contributed by atoms with E-state index < -0.39 is 5.97 Å². The summed E-state index contributed by atoms with van der Waals surface area (Å²) in [5, 5.41) is 4.21. The summed E-state index contributed by atoms with van der Waals surface area (Å²) in [6.07, 6.45) is 1.81. The molecule has 0 radical (unpaired) electrons. The maximum Gasteiger partial charge on any atom is 0.339 e. The first-order valence-electron chi connectivity index (χ1n) is 5.90. The zero-order valence-corrected chi connectivity index (χ0v) is 11.3. The monoisotopic (exact) mass is 290 g/mol. The number of amidine groups is 1. The summed E-state index contributed by atoms with van der Waals surface area (Å²) in [6, 6.07) is 12.3. The van der Waals surface area contributed by atoms with Gasteiger partial charge in [-0.15, -0.1) is 0 Å². The minimum Gasteiger partial charge on any atom is -0.375 e. The molecule has 0 aliphatic rings. The van der Waals surface area contributed by atoms with Gasteiger partial charge in [0.2, 0.25) is 11.5 Å². The van der Waals surface area contributed by atoms with Crippen LogP contribution in [0.25, 0.3) is 0 Å². The van der Waals surface area contributed by atoms with Crippen LogP contribution in [0.5, 0.6) is 0 Å². The fraction of sp³-hybridized carbons (Fsp3) is 0.0714. The SMILES string of the molecule is NC(=NOC(=O)Cc1ccc(Cl)cc1)c1cccc[nH+]1. The highest BCUT2D eigenvalue weighted by atomic mass is 35.5. The summed E-state index contributed by atoms with van der Waals surface area (Å²) in [6.45, 7) is 0. The highest BCUT2D eigenvalue weighted by molar-refractivity contribution is 6.30. The number of rotatable bonds is 4. The van der Waals surface area contributed by atoms with Crippen molar-refractivity contribution in [2.45, 2.75) is 6.42 Å². The predicted molar refractivity (Wildman–Crippen MR) is 75.0 cm³/mol. The molecule has 1 heterocycles. The number of nitrogens with zero attached hydrogens (tertiary/aromatic N) is 1. The number of benzene rings is 1. The van der Waals surface area contributed by atoms with Gasteiger partial charge in [-0.3, -0.25) is 0 Å². The largest absolute Gasteiger partial charge is 0.375 e. The van der Waals surface area contributed by atoms with Crippen molar-refractivity contribution in [1.82, 2.24) is 0 Å². The summed E-state index contributed by atoms with van der Waals surface area (Å²) in [5.41, 5.74) is 7.05. The normalized spacial score (nSPS) is 11.2. The predicted octanol–water partition coefficient (Wildman–Crippen LogP) is 1.56. The molecule has 0 saturated heterocycles. The van der Waals surface area contributed by atoms with Crippen molar-refractivity contribution in [3.8, 4) is 0 Å². The Balaban J connectivity index is 1.93. The van der Waals surface area contributed by atoms with E-state index in [1.807, 2.05) is 6.07 Å². The van der Waals surface area contributed by atoms with Crippen LogP contribution in [0.1, 0.15) is 11.3 Å². The quantitative estimate of drug-likeness (QED) is 0.402. The average Bonchev–Trinajstić information content (AvgIpc) is 2.48. The van der Waals surface area contributed by atoms with Crippen molar-refractivity contribution in [3.63, 3.8) is 0 Å². The Morgan fingerprint density at radius 1 is 1.25 bits per heavy atom. The van der Waals surface area contributed by atoms with Crippen molar-refractivity contribution in [1.29, 1.82) is 0 Å². The maximum atomic E-state index is 11.6. The molecular formula is C14H13ClN3O2+. The Morgan fingerprint density at radius 3 is 2.65 bits per heavy atom. The number of carbonyl (C=O) groups is 1. The molecule has 6 heteroatoms. The van der Waals surface area contributed by atoms with Gasteiger partial charge in [0.25, 0.3) is 0 Å². The third-order valence-corrected chi connectivity index (χ3v) is 2.74. The molecule has 0 amide bonds. The molecule has 1 aromatic carbocycles. The molecule has 102 valence electrons. The van der Waals surface area contributed by atoms with Crippen molar-refractivity contribution < 1.29 is 14.6 Å². The lowest BCUT2D eigenvalue weighted by atomic mass is 10.2. The van der Waals surface area contributed by atoms with Crippen LogP contribution >= 0.6 is 11.6 Å². The van der Waals surface area contributed by atoms with Gasteiger partial charge in [-0.25, -0.2) is 9.78 Å². The van der Waals surface area contributed by atoms with Crippen LogP contribution in [-0.2, 0) is 16.1 Å². The number of aromatic amines is 1. The Hall–Kier alpha value is -2.40. The van der Waals surface area contributed by atoms with Crippen molar-refractivity contribution in [3.05, 3.63) is 64.9 Å². The third kappa shape index (κ3) is 4.07. The molecule has 5 nitrogen and oxygen atoms in total. The number of H-pyrrole nitrogens is 1. The van der Waals surface area contributed by atoms with Gasteiger partial charge < -0.3 is 10.6 Å². The molecule has 3 N–H and O–H groups in total. The van der Waals surface area contributed by atoms with E-state index in [1.165, 1.54) is 0 Å². The number of aromatic nitrogens is 1. The van der Waals surface area contributed by atoms with Crippen molar-refractivity contribution >= 4 is 23.4 Å². The number of hydrogen-bond donors (Lipinski definition) is 1. The lowest BCUT2D eigenvalue weighted by Gasteiger charge is -1.99. The van der Waals surface area contributed by atoms with E-state index in [9.17, 15) is 4.79 Å². The second kappa shape index (κ2) is 6.68. The first-order valence-corrected chi connectivity index (χ1v) is 6.28. The van der Waals surface area contributed by atoms with Gasteiger partial charge in [0.15, 0.2) is 6.20 Å². The van der Waals surface area contributed by atoms with E-state index in [-0.39, 0.29) is 12.3 Å². The highest BCUT2D eigenvalue weighted by Crippen LogP contribution is 2.10. The van der Waals surface area contributed by atoms with E-state index in [4.69, 9.17) is 22.2 Å². The van der Waals surface area contributed by atoms with Crippen LogP contribution in [0.4, 0.5) is 0 Å². The van der Waals surface area contributed by atoms with E-state index in [2.05, 4.69) is 10.1 Å². The fourth-order valence-electron chi connectivity index (χ4n) is 1.50. The van der Waals surface area contributed by atoms with Crippen LogP contribution in [0.15, 0.2) is 53.8 Å². The zero-order chi connectivity index (χ0) is 14.4. The second-order valence-electron chi connectivity index (χ2n) is 4.02. The number of pyridine rings is 1. The molecule has 0 atom stereocenters. The van der Waals surface area contributed by atoms with E-state index >= 15 is 0 Å². The fourth-order valence-corrected chi connectivity index (χ4v) is 1.63. The van der Waals surface area contributed by atoms with Crippen LogP contribution < -0.4 is 10.7 Å². The molecule has 2 aromatic rings. The Kier molecular flexibility index (Phi) is 4.68. The summed E-state index contributed by atoms with van der Waals surface area (Å²) < 4.78 is 0. The summed E-state index contributed by atoms with van der Waals surface area (Å²) in [4.78, 5) is 19.3. The van der Waals surface area contributed by atoms with Gasteiger partial charge in [0.1, 0.15) is 0 Å². The van der Waals surface area contributed by atoms with E-state index in [1.54, 1.807) is 42.6 Å². The summed E-state index contributed by atoms with van der Waals surface area (Å²) in [7, 11) is 0. The Morgan fingerprint density at radius 2 is 2.00 bits per heavy atom. The molecule has 0 spiro atoms. The molecule has 0 aliphatic carbocycles. The minimum atomic E-state index is -0.494. The second-order valence-corrected chi connectivity index (χ2v) is 4.46. The zero-order valence-electron chi connectivity index (χ0n) is 10.5. The molecule has 1 aromatic heterocycles. The molecule has 0 unspecified atom stereocenters. The number of oxime groups is 1. The average molecular weight is 291 g/mol. The lowest BCUT2D eigenvalue weighted by molar-refractivity contribution is -0.380. The number of carbonyl (C=O) groups excluding carboxylic acids is 1. The topological polar surface area (TPSA) is 78.8 Å². The molecule has 20 heavy (non-hydrogen) atoms. The standard InChI is InChI=1S/C14H12ClN3O2/c15-11-6-4-10(5-7-11)9-13(19)20-18-14(16)12-3-1-2-8-17-12/h1-8H,9H2,(H2,16,18)/p+1. The van der Waals surface area contributed by atoms with E-state index in [0.717, 1.165) is 5.56 Å². The first kappa shape index (κ1) is 14.0. The van der Waals surface area contributed by atoms with Crippen molar-refractivity contribution in [2.75, 3.05) is 0 Å².